The Labute approximate surface area is 52.7 Å². The van der Waals surface area contributed by atoms with Crippen LogP contribution in [0.2, 0.25) is 0 Å². The van der Waals surface area contributed by atoms with E-state index >= 15 is 0 Å². The van der Waals surface area contributed by atoms with Crippen LogP contribution in [0.4, 0.5) is 0 Å². The van der Waals surface area contributed by atoms with Gasteiger partial charge in [0, 0.05) is 0 Å². The zero-order valence-corrected chi connectivity index (χ0v) is 5.06. The highest BCUT2D eigenvalue weighted by Gasteiger charge is 2.38. The second kappa shape index (κ2) is 2.22. The molecule has 0 bridgehead atoms. The van der Waals surface area contributed by atoms with Crippen molar-refractivity contribution in [2.24, 2.45) is 0 Å². The molecule has 1 aliphatic heterocycles. The third-order valence-corrected chi connectivity index (χ3v) is 1.48. The topological polar surface area (TPSA) is 69.9 Å². The number of rotatable bonds is 0. The van der Waals surface area contributed by atoms with Crippen LogP contribution in [0.15, 0.2) is 0 Å². The van der Waals surface area contributed by atoms with Crippen molar-refractivity contribution in [3.8, 4) is 0 Å². The van der Waals surface area contributed by atoms with Gasteiger partial charge in [-0.2, -0.15) is 0 Å². The molecule has 1 rings (SSSR count). The van der Waals surface area contributed by atoms with Crippen molar-refractivity contribution in [1.82, 2.24) is 0 Å². The van der Waals surface area contributed by atoms with E-state index in [0.29, 0.717) is 0 Å². The molecule has 4 atom stereocenters. The highest BCUT2D eigenvalue weighted by atomic mass is 16.6. The van der Waals surface area contributed by atoms with Gasteiger partial charge in [-0.05, 0) is 6.92 Å². The maximum atomic E-state index is 8.90. The summed E-state index contributed by atoms with van der Waals surface area (Å²) in [6.45, 7) is 1.59. The van der Waals surface area contributed by atoms with Gasteiger partial charge in [-0.25, -0.2) is 0 Å². The fourth-order valence-corrected chi connectivity index (χ4v) is 0.827. The lowest BCUT2D eigenvalue weighted by atomic mass is 10.2. The first-order valence-electron chi connectivity index (χ1n) is 2.82. The zero-order chi connectivity index (χ0) is 7.02. The predicted molar refractivity (Wildman–Crippen MR) is 28.6 cm³/mol. The molecule has 0 spiro atoms. The molecule has 0 unspecified atom stereocenters. The molecule has 1 heterocycles. The summed E-state index contributed by atoms with van der Waals surface area (Å²) in [6.07, 6.45) is -3.81. The van der Waals surface area contributed by atoms with Crippen molar-refractivity contribution < 1.29 is 20.1 Å². The van der Waals surface area contributed by atoms with Crippen molar-refractivity contribution in [3.05, 3.63) is 0 Å². The quantitative estimate of drug-likeness (QED) is 0.375. The summed E-state index contributed by atoms with van der Waals surface area (Å²) in [5.41, 5.74) is 0. The first-order chi connectivity index (χ1) is 4.13. The Morgan fingerprint density at radius 1 is 1.11 bits per heavy atom. The predicted octanol–water partition coefficient (Wildman–Crippen LogP) is -1.55. The van der Waals surface area contributed by atoms with Gasteiger partial charge in [-0.15, -0.1) is 0 Å². The van der Waals surface area contributed by atoms with Gasteiger partial charge in [-0.1, -0.05) is 0 Å². The fourth-order valence-electron chi connectivity index (χ4n) is 0.827. The Morgan fingerprint density at radius 3 is 1.78 bits per heavy atom. The van der Waals surface area contributed by atoms with Crippen LogP contribution in [0, 0.1) is 0 Å². The van der Waals surface area contributed by atoms with Crippen molar-refractivity contribution in [1.29, 1.82) is 0 Å². The SMILES string of the molecule is C[C@H]1O[C@@H](O)[C@H](O)[C@@H]1O. The van der Waals surface area contributed by atoms with E-state index in [1.807, 2.05) is 0 Å². The number of aliphatic hydroxyl groups is 3. The van der Waals surface area contributed by atoms with Gasteiger partial charge >= 0.3 is 0 Å². The van der Waals surface area contributed by atoms with Crippen LogP contribution in [-0.2, 0) is 4.74 Å². The molecule has 0 aromatic rings. The van der Waals surface area contributed by atoms with Crippen molar-refractivity contribution in [2.75, 3.05) is 0 Å². The van der Waals surface area contributed by atoms with E-state index < -0.39 is 24.6 Å². The summed E-state index contributed by atoms with van der Waals surface area (Å²) >= 11 is 0. The highest BCUT2D eigenvalue weighted by Crippen LogP contribution is 2.18. The molecule has 3 N–H and O–H groups in total. The molecular formula is C5H10O4. The minimum atomic E-state index is -1.23. The van der Waals surface area contributed by atoms with Gasteiger partial charge in [0.05, 0.1) is 6.10 Å². The molecule has 0 aromatic heterocycles. The fraction of sp³-hybridized carbons (Fsp3) is 1.00. The van der Waals surface area contributed by atoms with E-state index in [9.17, 15) is 0 Å². The zero-order valence-electron chi connectivity index (χ0n) is 5.06. The van der Waals surface area contributed by atoms with Gasteiger partial charge in [0.1, 0.15) is 12.2 Å². The average molecular weight is 134 g/mol. The lowest BCUT2D eigenvalue weighted by molar-refractivity contribution is -0.124. The highest BCUT2D eigenvalue weighted by molar-refractivity contribution is 4.82. The number of hydrogen-bond donors (Lipinski definition) is 3. The van der Waals surface area contributed by atoms with Crippen LogP contribution in [0.1, 0.15) is 6.92 Å². The molecule has 4 nitrogen and oxygen atoms in total. The third kappa shape index (κ3) is 1.07. The molecule has 0 saturated carbocycles. The van der Waals surface area contributed by atoms with Crippen LogP contribution in [0.5, 0.6) is 0 Å². The number of aliphatic hydroxyl groups excluding tert-OH is 3. The average Bonchev–Trinajstić information content (AvgIpc) is 1.98. The Kier molecular flexibility index (Phi) is 1.72. The maximum Gasteiger partial charge on any atom is 0.183 e. The monoisotopic (exact) mass is 134 g/mol. The van der Waals surface area contributed by atoms with E-state index in [0.717, 1.165) is 0 Å². The van der Waals surface area contributed by atoms with Gasteiger partial charge in [0.15, 0.2) is 6.29 Å². The van der Waals surface area contributed by atoms with Crippen molar-refractivity contribution in [3.63, 3.8) is 0 Å². The van der Waals surface area contributed by atoms with Crippen molar-refractivity contribution >= 4 is 0 Å². The summed E-state index contributed by atoms with van der Waals surface area (Å²) in [4.78, 5) is 0. The van der Waals surface area contributed by atoms with E-state index in [-0.39, 0.29) is 0 Å². The number of ether oxygens (including phenoxy) is 1. The molecule has 1 saturated heterocycles. The van der Waals surface area contributed by atoms with E-state index in [1.165, 1.54) is 0 Å². The molecular weight excluding hydrogens is 124 g/mol. The normalized spacial score (nSPS) is 52.0. The molecule has 0 aromatic carbocycles. The molecule has 1 fully saturated rings. The molecule has 0 amide bonds. The molecule has 4 heteroatoms. The minimum absolute atomic E-state index is 0.477. The third-order valence-electron chi connectivity index (χ3n) is 1.48. The van der Waals surface area contributed by atoms with E-state index in [4.69, 9.17) is 15.3 Å². The van der Waals surface area contributed by atoms with Gasteiger partial charge in [-0.3, -0.25) is 0 Å². The molecule has 54 valence electrons. The van der Waals surface area contributed by atoms with Crippen molar-refractivity contribution in [2.45, 2.75) is 31.5 Å². The van der Waals surface area contributed by atoms with Crippen LogP contribution in [0.3, 0.4) is 0 Å². The van der Waals surface area contributed by atoms with Gasteiger partial charge in [0.2, 0.25) is 0 Å². The van der Waals surface area contributed by atoms with Crippen LogP contribution in [-0.4, -0.2) is 39.9 Å². The second-order valence-corrected chi connectivity index (χ2v) is 2.21. The first kappa shape index (κ1) is 6.95. The van der Waals surface area contributed by atoms with E-state index in [2.05, 4.69) is 4.74 Å². The summed E-state index contributed by atoms with van der Waals surface area (Å²) in [5.74, 6) is 0. The lowest BCUT2D eigenvalue weighted by Crippen LogP contribution is -2.31. The summed E-state index contributed by atoms with van der Waals surface area (Å²) in [7, 11) is 0. The Balaban J connectivity index is 2.54. The standard InChI is InChI=1S/C5H10O4/c1-2-3(6)4(7)5(8)9-2/h2-8H,1H3/t2-,3-,4-,5-/m1/s1. The summed E-state index contributed by atoms with van der Waals surface area (Å²) in [6, 6.07) is 0. The molecule has 0 aliphatic carbocycles. The van der Waals surface area contributed by atoms with Crippen LogP contribution >= 0.6 is 0 Å². The Bertz CT molecular complexity index is 93.1. The Morgan fingerprint density at radius 2 is 1.67 bits per heavy atom. The maximum absolute atomic E-state index is 8.90. The minimum Gasteiger partial charge on any atom is -0.388 e. The summed E-state index contributed by atoms with van der Waals surface area (Å²) < 4.78 is 4.64. The second-order valence-electron chi connectivity index (χ2n) is 2.21. The number of hydrogen-bond acceptors (Lipinski definition) is 4. The molecule has 0 radical (unpaired) electrons. The molecule has 9 heavy (non-hydrogen) atoms. The lowest BCUT2D eigenvalue weighted by Gasteiger charge is -2.07. The van der Waals surface area contributed by atoms with Crippen LogP contribution in [0.25, 0.3) is 0 Å². The molecule has 1 aliphatic rings. The van der Waals surface area contributed by atoms with E-state index in [1.54, 1.807) is 6.92 Å². The summed E-state index contributed by atoms with van der Waals surface area (Å²) in [5, 5.41) is 26.4. The van der Waals surface area contributed by atoms with Gasteiger partial charge < -0.3 is 20.1 Å². The first-order valence-corrected chi connectivity index (χ1v) is 2.82. The Hall–Kier alpha value is -0.160. The smallest absolute Gasteiger partial charge is 0.183 e. The van der Waals surface area contributed by atoms with Crippen LogP contribution < -0.4 is 0 Å². The van der Waals surface area contributed by atoms with Gasteiger partial charge in [0.25, 0.3) is 0 Å². The largest absolute Gasteiger partial charge is 0.388 e.